The minimum atomic E-state index is -3.82. The molecule has 24 heavy (non-hydrogen) atoms. The van der Waals surface area contributed by atoms with Crippen LogP contribution in [0.3, 0.4) is 0 Å². The maximum absolute atomic E-state index is 12.3. The molecule has 3 N–H and O–H groups in total. The van der Waals surface area contributed by atoms with E-state index < -0.39 is 10.0 Å². The summed E-state index contributed by atoms with van der Waals surface area (Å²) < 4.78 is 37.9. The predicted molar refractivity (Wildman–Crippen MR) is 90.6 cm³/mol. The third-order valence-corrected chi connectivity index (χ3v) is 4.23. The van der Waals surface area contributed by atoms with Crippen molar-refractivity contribution in [3.05, 3.63) is 30.5 Å². The molecule has 0 amide bonds. The smallest absolute Gasteiger partial charge is 0.264 e. The average molecular weight is 352 g/mol. The van der Waals surface area contributed by atoms with E-state index in [-0.39, 0.29) is 16.7 Å². The number of hydrogen-bond donors (Lipinski definition) is 2. The zero-order valence-electron chi connectivity index (χ0n) is 13.5. The van der Waals surface area contributed by atoms with Gasteiger partial charge >= 0.3 is 0 Å². The van der Waals surface area contributed by atoms with Crippen molar-refractivity contribution in [2.45, 2.75) is 25.2 Å². The number of anilines is 2. The van der Waals surface area contributed by atoms with Crippen molar-refractivity contribution >= 4 is 21.7 Å². The van der Waals surface area contributed by atoms with Crippen molar-refractivity contribution in [1.29, 1.82) is 0 Å². The van der Waals surface area contributed by atoms with Gasteiger partial charge in [0.05, 0.1) is 24.3 Å². The van der Waals surface area contributed by atoms with Crippen molar-refractivity contribution in [3.8, 4) is 11.6 Å². The highest BCUT2D eigenvalue weighted by atomic mass is 32.2. The molecule has 9 heteroatoms. The van der Waals surface area contributed by atoms with Crippen LogP contribution in [-0.4, -0.2) is 31.6 Å². The van der Waals surface area contributed by atoms with E-state index in [0.717, 1.165) is 6.42 Å². The number of rotatable bonds is 8. The molecule has 0 spiro atoms. The average Bonchev–Trinajstić information content (AvgIpc) is 2.55. The number of hydrogen-bond acceptors (Lipinski definition) is 7. The number of nitrogens with two attached hydrogens (primary N) is 1. The number of ether oxygens (including phenoxy) is 2. The second kappa shape index (κ2) is 7.82. The van der Waals surface area contributed by atoms with Crippen molar-refractivity contribution < 1.29 is 17.9 Å². The van der Waals surface area contributed by atoms with E-state index in [1.807, 2.05) is 13.8 Å². The Morgan fingerprint density at radius 3 is 2.50 bits per heavy atom. The van der Waals surface area contributed by atoms with Crippen molar-refractivity contribution in [2.24, 2.45) is 0 Å². The summed E-state index contributed by atoms with van der Waals surface area (Å²) >= 11 is 0. The number of nitrogen functional groups attached to an aromatic ring is 1. The second-order valence-electron chi connectivity index (χ2n) is 4.82. The number of nitrogens with zero attached hydrogens (tertiary/aromatic N) is 2. The van der Waals surface area contributed by atoms with Gasteiger partial charge in [-0.05, 0) is 37.6 Å². The van der Waals surface area contributed by atoms with Crippen LogP contribution in [0.5, 0.6) is 11.6 Å². The molecule has 0 aliphatic heterocycles. The lowest BCUT2D eigenvalue weighted by Crippen LogP contribution is -2.15. The molecule has 8 nitrogen and oxygen atoms in total. The molecule has 1 heterocycles. The van der Waals surface area contributed by atoms with Gasteiger partial charge in [0.2, 0.25) is 5.95 Å². The maximum atomic E-state index is 12.3. The molecule has 2 rings (SSSR count). The van der Waals surface area contributed by atoms with E-state index in [1.54, 1.807) is 0 Å². The predicted octanol–water partition coefficient (Wildman–Crippen LogP) is 2.05. The van der Waals surface area contributed by atoms with Crippen LogP contribution in [0.1, 0.15) is 20.3 Å². The van der Waals surface area contributed by atoms with E-state index in [9.17, 15) is 8.42 Å². The molecule has 0 atom stereocenters. The topological polar surface area (TPSA) is 116 Å². The molecule has 2 aromatic rings. The Labute approximate surface area is 141 Å². The van der Waals surface area contributed by atoms with Gasteiger partial charge in [0.15, 0.2) is 5.75 Å². The van der Waals surface area contributed by atoms with E-state index >= 15 is 0 Å². The van der Waals surface area contributed by atoms with E-state index in [2.05, 4.69) is 14.7 Å². The van der Waals surface area contributed by atoms with Gasteiger partial charge in [0.1, 0.15) is 0 Å². The van der Waals surface area contributed by atoms with Crippen molar-refractivity contribution in [1.82, 2.24) is 9.97 Å². The molecule has 0 unspecified atom stereocenters. The molecule has 0 radical (unpaired) electrons. The lowest BCUT2D eigenvalue weighted by atomic mass is 10.3. The van der Waals surface area contributed by atoms with Gasteiger partial charge in [-0.15, -0.1) is 0 Å². The third kappa shape index (κ3) is 4.48. The zero-order valence-corrected chi connectivity index (χ0v) is 14.3. The first-order valence-corrected chi connectivity index (χ1v) is 8.95. The SMILES string of the molecule is CCCOc1nc(NS(=O)(=O)c2ccc(N)cc2)ncc1OCC. The molecular weight excluding hydrogens is 332 g/mol. The summed E-state index contributed by atoms with van der Waals surface area (Å²) in [5.41, 5.74) is 6.04. The van der Waals surface area contributed by atoms with Crippen LogP contribution >= 0.6 is 0 Å². The zero-order chi connectivity index (χ0) is 17.6. The Morgan fingerprint density at radius 1 is 1.17 bits per heavy atom. The summed E-state index contributed by atoms with van der Waals surface area (Å²) in [6.45, 7) is 4.62. The fraction of sp³-hybridized carbons (Fsp3) is 0.333. The lowest BCUT2D eigenvalue weighted by Gasteiger charge is -2.12. The molecule has 0 fully saturated rings. The third-order valence-electron chi connectivity index (χ3n) is 2.88. The molecule has 0 saturated carbocycles. The van der Waals surface area contributed by atoms with Crippen LogP contribution in [0.2, 0.25) is 0 Å². The van der Waals surface area contributed by atoms with Crippen LogP contribution in [0.4, 0.5) is 11.6 Å². The first-order chi connectivity index (χ1) is 11.5. The van der Waals surface area contributed by atoms with E-state index in [1.165, 1.54) is 30.5 Å². The summed E-state index contributed by atoms with van der Waals surface area (Å²) in [6.07, 6.45) is 2.16. The maximum Gasteiger partial charge on any atom is 0.264 e. The number of benzene rings is 1. The Balaban J connectivity index is 2.26. The molecule has 1 aromatic heterocycles. The summed E-state index contributed by atoms with van der Waals surface area (Å²) in [6, 6.07) is 5.81. The van der Waals surface area contributed by atoms with E-state index in [0.29, 0.717) is 24.7 Å². The van der Waals surface area contributed by atoms with Gasteiger partial charge in [-0.2, -0.15) is 4.98 Å². The van der Waals surface area contributed by atoms with Gasteiger partial charge in [-0.3, -0.25) is 0 Å². The highest BCUT2D eigenvalue weighted by molar-refractivity contribution is 7.92. The van der Waals surface area contributed by atoms with Crippen molar-refractivity contribution in [3.63, 3.8) is 0 Å². The second-order valence-corrected chi connectivity index (χ2v) is 6.50. The standard InChI is InChI=1S/C15H20N4O4S/c1-3-9-23-14-13(22-4-2)10-17-15(18-14)19-24(20,21)12-7-5-11(16)6-8-12/h5-8,10H,3-4,9,16H2,1-2H3,(H,17,18,19). The molecule has 130 valence electrons. The van der Waals surface area contributed by atoms with Crippen LogP contribution < -0.4 is 19.9 Å². The largest absolute Gasteiger partial charge is 0.487 e. The lowest BCUT2D eigenvalue weighted by molar-refractivity contribution is 0.266. The van der Waals surface area contributed by atoms with Crippen molar-refractivity contribution in [2.75, 3.05) is 23.7 Å². The van der Waals surface area contributed by atoms with E-state index in [4.69, 9.17) is 15.2 Å². The highest BCUT2D eigenvalue weighted by Crippen LogP contribution is 2.26. The van der Waals surface area contributed by atoms with Gasteiger partial charge < -0.3 is 15.2 Å². The normalized spacial score (nSPS) is 11.1. The first kappa shape index (κ1) is 17.8. The summed E-state index contributed by atoms with van der Waals surface area (Å²) in [4.78, 5) is 8.11. The molecule has 1 aromatic carbocycles. The fourth-order valence-electron chi connectivity index (χ4n) is 1.79. The Kier molecular flexibility index (Phi) is 5.80. The minimum Gasteiger partial charge on any atom is -0.487 e. The Hall–Kier alpha value is -2.55. The van der Waals surface area contributed by atoms with Gasteiger partial charge in [0, 0.05) is 5.69 Å². The molecule has 0 saturated heterocycles. The van der Waals surface area contributed by atoms with Gasteiger partial charge in [-0.25, -0.2) is 18.1 Å². The summed E-state index contributed by atoms with van der Waals surface area (Å²) in [5, 5.41) is 0. The molecule has 0 aliphatic rings. The molecular formula is C15H20N4O4S. The first-order valence-electron chi connectivity index (χ1n) is 7.47. The molecule has 0 bridgehead atoms. The number of sulfonamides is 1. The van der Waals surface area contributed by atoms with Gasteiger partial charge in [0.25, 0.3) is 15.9 Å². The van der Waals surface area contributed by atoms with Crippen LogP contribution in [0.25, 0.3) is 0 Å². The minimum absolute atomic E-state index is 0.0604. The number of nitrogens with one attached hydrogen (secondary N) is 1. The van der Waals surface area contributed by atoms with Crippen LogP contribution in [0.15, 0.2) is 35.4 Å². The van der Waals surface area contributed by atoms with Gasteiger partial charge in [-0.1, -0.05) is 6.92 Å². The number of aromatic nitrogens is 2. The Bertz CT molecular complexity index is 779. The fourth-order valence-corrected chi connectivity index (χ4v) is 2.74. The monoisotopic (exact) mass is 352 g/mol. The summed E-state index contributed by atoms with van der Waals surface area (Å²) in [7, 11) is -3.82. The van der Waals surface area contributed by atoms with Crippen LogP contribution in [-0.2, 0) is 10.0 Å². The Morgan fingerprint density at radius 2 is 1.88 bits per heavy atom. The van der Waals surface area contributed by atoms with Crippen LogP contribution in [0, 0.1) is 0 Å². The quantitative estimate of drug-likeness (QED) is 0.698. The molecule has 0 aliphatic carbocycles. The highest BCUT2D eigenvalue weighted by Gasteiger charge is 2.17. The summed E-state index contributed by atoms with van der Waals surface area (Å²) in [5.74, 6) is 0.464.